The molecule has 1 heteroatoms. The highest BCUT2D eigenvalue weighted by molar-refractivity contribution is 5.99. The molecule has 0 atom stereocenters. The van der Waals surface area contributed by atoms with E-state index < -0.39 is 0 Å². The van der Waals surface area contributed by atoms with E-state index in [1.165, 1.54) is 16.7 Å². The van der Waals surface area contributed by atoms with Crippen LogP contribution in [0.2, 0.25) is 0 Å². The van der Waals surface area contributed by atoms with Crippen molar-refractivity contribution in [1.82, 2.24) is 0 Å². The van der Waals surface area contributed by atoms with Crippen LogP contribution in [-0.4, -0.2) is 5.78 Å². The van der Waals surface area contributed by atoms with E-state index in [1.807, 2.05) is 0 Å². The molecule has 1 aromatic rings. The molecule has 0 saturated carbocycles. The number of Topliss-reactive ketones (excluding diaryl/α,β-unsaturated/α-hetero) is 1. The zero-order valence-corrected chi connectivity index (χ0v) is 13.9. The molecule has 1 aliphatic rings. The third kappa shape index (κ3) is 2.97. The van der Waals surface area contributed by atoms with E-state index in [4.69, 9.17) is 0 Å². The van der Waals surface area contributed by atoms with E-state index in [0.29, 0.717) is 12.2 Å². The lowest BCUT2D eigenvalue weighted by atomic mass is 9.75. The molecule has 0 aromatic heterocycles. The van der Waals surface area contributed by atoms with E-state index in [1.54, 1.807) is 0 Å². The van der Waals surface area contributed by atoms with Gasteiger partial charge in [0.25, 0.3) is 0 Å². The van der Waals surface area contributed by atoms with Gasteiger partial charge in [-0.15, -0.1) is 0 Å². The summed E-state index contributed by atoms with van der Waals surface area (Å²) in [6.07, 6.45) is 3.93. The third-order valence-corrected chi connectivity index (χ3v) is 4.27. The van der Waals surface area contributed by atoms with Gasteiger partial charge in [0, 0.05) is 12.0 Å². The molecule has 0 radical (unpaired) electrons. The van der Waals surface area contributed by atoms with Crippen molar-refractivity contribution in [3.8, 4) is 0 Å². The van der Waals surface area contributed by atoms with E-state index >= 15 is 0 Å². The highest BCUT2D eigenvalue weighted by Gasteiger charge is 2.28. The second-order valence-electron chi connectivity index (χ2n) is 8.19. The molecule has 0 amide bonds. The molecular formula is C19H28O. The van der Waals surface area contributed by atoms with Gasteiger partial charge in [0.05, 0.1) is 0 Å². The Morgan fingerprint density at radius 2 is 1.45 bits per heavy atom. The largest absolute Gasteiger partial charge is 0.294 e. The fourth-order valence-corrected chi connectivity index (χ4v) is 2.98. The number of hydrogen-bond donors (Lipinski definition) is 0. The fourth-order valence-electron chi connectivity index (χ4n) is 2.98. The van der Waals surface area contributed by atoms with Gasteiger partial charge in [-0.25, -0.2) is 0 Å². The van der Waals surface area contributed by atoms with Crippen LogP contribution >= 0.6 is 0 Å². The van der Waals surface area contributed by atoms with Gasteiger partial charge in [0.1, 0.15) is 0 Å². The Kier molecular flexibility index (Phi) is 3.83. The number of aryl methyl sites for hydroxylation is 1. The van der Waals surface area contributed by atoms with E-state index in [-0.39, 0.29) is 10.8 Å². The SMILES string of the molecule is CC(C)(C)c1cc2c(c(C(C)(C)C)c1)C(=O)CCCC2. The minimum absolute atomic E-state index is 0.0192. The lowest BCUT2D eigenvalue weighted by Gasteiger charge is -2.28. The molecule has 0 unspecified atom stereocenters. The molecule has 0 saturated heterocycles. The van der Waals surface area contributed by atoms with Crippen LogP contribution in [0, 0.1) is 0 Å². The van der Waals surface area contributed by atoms with Crippen LogP contribution in [0.25, 0.3) is 0 Å². The van der Waals surface area contributed by atoms with Crippen molar-refractivity contribution < 1.29 is 4.79 Å². The fraction of sp³-hybridized carbons (Fsp3) is 0.632. The van der Waals surface area contributed by atoms with Gasteiger partial charge in [0.2, 0.25) is 0 Å². The standard InChI is InChI=1S/C19H28O/c1-18(2,3)14-11-13-9-7-8-10-16(20)17(13)15(12-14)19(4,5)6/h11-12H,7-10H2,1-6H3. The molecule has 0 N–H and O–H groups in total. The first kappa shape index (κ1) is 15.3. The monoisotopic (exact) mass is 272 g/mol. The minimum atomic E-state index is 0.0192. The number of fused-ring (bicyclic) bond motifs is 1. The van der Waals surface area contributed by atoms with Gasteiger partial charge in [-0.1, -0.05) is 53.7 Å². The lowest BCUT2D eigenvalue weighted by molar-refractivity contribution is 0.0980. The van der Waals surface area contributed by atoms with E-state index in [0.717, 1.165) is 24.8 Å². The van der Waals surface area contributed by atoms with Crippen LogP contribution in [-0.2, 0) is 17.3 Å². The van der Waals surface area contributed by atoms with Crippen molar-refractivity contribution in [2.24, 2.45) is 0 Å². The Bertz CT molecular complexity index is 524. The highest BCUT2D eigenvalue weighted by Crippen LogP contribution is 2.36. The summed E-state index contributed by atoms with van der Waals surface area (Å²) >= 11 is 0. The van der Waals surface area contributed by atoms with Gasteiger partial charge in [-0.05, 0) is 46.8 Å². The molecule has 0 fully saturated rings. The van der Waals surface area contributed by atoms with Crippen molar-refractivity contribution in [3.63, 3.8) is 0 Å². The van der Waals surface area contributed by atoms with Crippen molar-refractivity contribution in [2.45, 2.75) is 78.1 Å². The molecule has 0 bridgehead atoms. The molecule has 0 aliphatic heterocycles. The minimum Gasteiger partial charge on any atom is -0.294 e. The average Bonchev–Trinajstić information content (AvgIpc) is 2.48. The van der Waals surface area contributed by atoms with Crippen molar-refractivity contribution in [3.05, 3.63) is 34.4 Å². The summed E-state index contributed by atoms with van der Waals surface area (Å²) in [6, 6.07) is 4.57. The Morgan fingerprint density at radius 1 is 0.850 bits per heavy atom. The number of carbonyl (C=O) groups is 1. The maximum Gasteiger partial charge on any atom is 0.163 e. The summed E-state index contributed by atoms with van der Waals surface area (Å²) < 4.78 is 0. The first-order chi connectivity index (χ1) is 9.10. The van der Waals surface area contributed by atoms with Crippen molar-refractivity contribution >= 4 is 5.78 Å². The van der Waals surface area contributed by atoms with E-state index in [2.05, 4.69) is 53.7 Å². The van der Waals surface area contributed by atoms with Gasteiger partial charge in [0.15, 0.2) is 5.78 Å². The van der Waals surface area contributed by atoms with Crippen LogP contribution in [0.15, 0.2) is 12.1 Å². The van der Waals surface area contributed by atoms with Crippen LogP contribution in [0.5, 0.6) is 0 Å². The van der Waals surface area contributed by atoms with Gasteiger partial charge >= 0.3 is 0 Å². The average molecular weight is 272 g/mol. The molecule has 2 rings (SSSR count). The first-order valence-electron chi connectivity index (χ1n) is 7.82. The van der Waals surface area contributed by atoms with Crippen LogP contribution in [0.3, 0.4) is 0 Å². The molecule has 1 nitrogen and oxygen atoms in total. The maximum atomic E-state index is 12.5. The number of rotatable bonds is 0. The lowest BCUT2D eigenvalue weighted by Crippen LogP contribution is -2.21. The van der Waals surface area contributed by atoms with Crippen LogP contribution < -0.4 is 0 Å². The Morgan fingerprint density at radius 3 is 2.00 bits per heavy atom. The zero-order valence-electron chi connectivity index (χ0n) is 13.9. The highest BCUT2D eigenvalue weighted by atomic mass is 16.1. The number of hydrogen-bond acceptors (Lipinski definition) is 1. The van der Waals surface area contributed by atoms with Crippen molar-refractivity contribution in [1.29, 1.82) is 0 Å². The molecule has 0 spiro atoms. The topological polar surface area (TPSA) is 17.1 Å². The molecular weight excluding hydrogens is 244 g/mol. The van der Waals surface area contributed by atoms with E-state index in [9.17, 15) is 4.79 Å². The number of ketones is 1. The molecule has 20 heavy (non-hydrogen) atoms. The third-order valence-electron chi connectivity index (χ3n) is 4.27. The smallest absolute Gasteiger partial charge is 0.163 e. The predicted molar refractivity (Wildman–Crippen MR) is 85.7 cm³/mol. The summed E-state index contributed by atoms with van der Waals surface area (Å²) in [5, 5.41) is 0. The normalized spacial score (nSPS) is 16.8. The molecule has 1 aromatic carbocycles. The molecule has 1 aliphatic carbocycles. The van der Waals surface area contributed by atoms with Crippen LogP contribution in [0.1, 0.15) is 87.9 Å². The van der Waals surface area contributed by atoms with Crippen LogP contribution in [0.4, 0.5) is 0 Å². The van der Waals surface area contributed by atoms with Gasteiger partial charge < -0.3 is 0 Å². The quantitative estimate of drug-likeness (QED) is 0.594. The summed E-state index contributed by atoms with van der Waals surface area (Å²) in [7, 11) is 0. The zero-order chi connectivity index (χ0) is 15.1. The predicted octanol–water partition coefficient (Wildman–Crippen LogP) is 5.19. The summed E-state index contributed by atoms with van der Waals surface area (Å²) in [4.78, 5) is 12.5. The summed E-state index contributed by atoms with van der Waals surface area (Å²) in [5.74, 6) is 0.350. The Balaban J connectivity index is 2.73. The summed E-state index contributed by atoms with van der Waals surface area (Å²) in [5.41, 5.74) is 5.06. The molecule has 110 valence electrons. The Labute approximate surface area is 123 Å². The number of carbonyl (C=O) groups excluding carboxylic acids is 1. The second kappa shape index (κ2) is 5.02. The van der Waals surface area contributed by atoms with Gasteiger partial charge in [-0.2, -0.15) is 0 Å². The Hall–Kier alpha value is -1.11. The first-order valence-corrected chi connectivity index (χ1v) is 7.82. The van der Waals surface area contributed by atoms with Crippen molar-refractivity contribution in [2.75, 3.05) is 0 Å². The maximum absolute atomic E-state index is 12.5. The molecule has 0 heterocycles. The number of benzene rings is 1. The van der Waals surface area contributed by atoms with Gasteiger partial charge in [-0.3, -0.25) is 4.79 Å². The second-order valence-corrected chi connectivity index (χ2v) is 8.19. The summed E-state index contributed by atoms with van der Waals surface area (Å²) in [6.45, 7) is 13.4.